The standard InChI is InChI=1S/C24H25ClF3N3O3/c1-34-21-11-20(30-22(32)15-4-5-15)19(25)10-18(21)23(33)29-17-8-9-31(13-17)12-14-2-6-16(7-3-14)24(26,27)28/h2-3,6-7,10-11,15,17H,4-5,8-9,12-13H2,1H3,(H,29,33)(H,30,32). The van der Waals surface area contributed by atoms with Crippen molar-refractivity contribution in [2.75, 3.05) is 25.5 Å². The highest BCUT2D eigenvalue weighted by Crippen LogP contribution is 2.35. The smallest absolute Gasteiger partial charge is 0.416 e. The van der Waals surface area contributed by atoms with E-state index in [0.29, 0.717) is 37.5 Å². The van der Waals surface area contributed by atoms with E-state index < -0.39 is 11.7 Å². The first kappa shape index (κ1) is 24.3. The maximum absolute atomic E-state index is 12.9. The lowest BCUT2D eigenvalue weighted by atomic mass is 10.1. The minimum atomic E-state index is -4.35. The van der Waals surface area contributed by atoms with E-state index in [4.69, 9.17) is 16.3 Å². The van der Waals surface area contributed by atoms with Crippen LogP contribution in [-0.4, -0.2) is 43.0 Å². The molecule has 0 spiro atoms. The van der Waals surface area contributed by atoms with Crippen molar-refractivity contribution in [3.63, 3.8) is 0 Å². The van der Waals surface area contributed by atoms with Crippen LogP contribution in [0.5, 0.6) is 5.75 Å². The molecule has 4 rings (SSSR count). The van der Waals surface area contributed by atoms with Crippen molar-refractivity contribution in [3.05, 3.63) is 58.1 Å². The molecule has 0 aromatic heterocycles. The molecule has 2 amide bonds. The molecule has 10 heteroatoms. The number of nitrogens with one attached hydrogen (secondary N) is 2. The molecule has 6 nitrogen and oxygen atoms in total. The summed E-state index contributed by atoms with van der Waals surface area (Å²) in [4.78, 5) is 27.0. The highest BCUT2D eigenvalue weighted by molar-refractivity contribution is 6.34. The molecule has 2 aliphatic rings. The molecule has 1 aliphatic carbocycles. The molecule has 34 heavy (non-hydrogen) atoms. The van der Waals surface area contributed by atoms with Gasteiger partial charge in [-0.15, -0.1) is 0 Å². The van der Waals surface area contributed by atoms with E-state index in [-0.39, 0.29) is 34.4 Å². The highest BCUT2D eigenvalue weighted by Gasteiger charge is 2.31. The number of ether oxygens (including phenoxy) is 1. The molecule has 1 unspecified atom stereocenters. The maximum atomic E-state index is 12.9. The van der Waals surface area contributed by atoms with Crippen LogP contribution < -0.4 is 15.4 Å². The van der Waals surface area contributed by atoms with Gasteiger partial charge in [0, 0.05) is 37.7 Å². The van der Waals surface area contributed by atoms with Crippen molar-refractivity contribution in [2.24, 2.45) is 5.92 Å². The normalized spacial score (nSPS) is 18.6. The predicted molar refractivity (Wildman–Crippen MR) is 122 cm³/mol. The molecule has 1 atom stereocenters. The molecule has 1 heterocycles. The topological polar surface area (TPSA) is 70.7 Å². The van der Waals surface area contributed by atoms with Crippen LogP contribution in [0.4, 0.5) is 18.9 Å². The molecule has 0 bridgehead atoms. The summed E-state index contributed by atoms with van der Waals surface area (Å²) in [7, 11) is 1.44. The van der Waals surface area contributed by atoms with Crippen molar-refractivity contribution in [1.82, 2.24) is 10.2 Å². The zero-order valence-corrected chi connectivity index (χ0v) is 19.3. The van der Waals surface area contributed by atoms with E-state index in [2.05, 4.69) is 15.5 Å². The SMILES string of the molecule is COc1cc(NC(=O)C2CC2)c(Cl)cc1C(=O)NC1CCN(Cc2ccc(C(F)(F)F)cc2)C1. The van der Waals surface area contributed by atoms with Gasteiger partial charge in [-0.05, 0) is 43.0 Å². The Morgan fingerprint density at radius 1 is 1.15 bits per heavy atom. The quantitative estimate of drug-likeness (QED) is 0.583. The molecular weight excluding hydrogens is 471 g/mol. The second kappa shape index (κ2) is 9.84. The fourth-order valence-corrected chi connectivity index (χ4v) is 4.20. The number of carbonyl (C=O) groups excluding carboxylic acids is 2. The first-order valence-corrected chi connectivity index (χ1v) is 11.4. The van der Waals surface area contributed by atoms with E-state index in [1.807, 2.05) is 0 Å². The van der Waals surface area contributed by atoms with Crippen LogP contribution in [0.2, 0.25) is 5.02 Å². The third-order valence-electron chi connectivity index (χ3n) is 6.03. The van der Waals surface area contributed by atoms with Gasteiger partial charge in [0.1, 0.15) is 5.75 Å². The second-order valence-corrected chi connectivity index (χ2v) is 9.09. The molecule has 182 valence electrons. The Morgan fingerprint density at radius 3 is 2.47 bits per heavy atom. The molecule has 2 fully saturated rings. The summed E-state index contributed by atoms with van der Waals surface area (Å²) in [6, 6.07) is 8.01. The lowest BCUT2D eigenvalue weighted by Gasteiger charge is -2.18. The number of anilines is 1. The van der Waals surface area contributed by atoms with Gasteiger partial charge in [-0.1, -0.05) is 23.7 Å². The van der Waals surface area contributed by atoms with Gasteiger partial charge < -0.3 is 15.4 Å². The Hall–Kier alpha value is -2.78. The number of hydrogen-bond donors (Lipinski definition) is 2. The molecule has 0 radical (unpaired) electrons. The number of nitrogens with zero attached hydrogens (tertiary/aromatic N) is 1. The van der Waals surface area contributed by atoms with E-state index in [1.54, 1.807) is 6.07 Å². The first-order valence-electron chi connectivity index (χ1n) is 11.0. The molecule has 2 N–H and O–H groups in total. The Kier molecular flexibility index (Phi) is 7.04. The van der Waals surface area contributed by atoms with Crippen molar-refractivity contribution in [3.8, 4) is 5.75 Å². The van der Waals surface area contributed by atoms with Gasteiger partial charge in [0.2, 0.25) is 5.91 Å². The summed E-state index contributed by atoms with van der Waals surface area (Å²) in [5, 5.41) is 6.00. The summed E-state index contributed by atoms with van der Waals surface area (Å²) in [5.74, 6) is -0.133. The number of amides is 2. The number of hydrogen-bond acceptors (Lipinski definition) is 4. The fourth-order valence-electron chi connectivity index (χ4n) is 3.99. The summed E-state index contributed by atoms with van der Waals surface area (Å²) < 4.78 is 43.6. The third-order valence-corrected chi connectivity index (χ3v) is 6.35. The van der Waals surface area contributed by atoms with E-state index in [1.165, 1.54) is 25.3 Å². The monoisotopic (exact) mass is 495 g/mol. The Morgan fingerprint density at radius 2 is 1.85 bits per heavy atom. The number of methoxy groups -OCH3 is 1. The van der Waals surface area contributed by atoms with Crippen LogP contribution in [0.15, 0.2) is 36.4 Å². The van der Waals surface area contributed by atoms with Crippen LogP contribution in [0.3, 0.4) is 0 Å². The maximum Gasteiger partial charge on any atom is 0.416 e. The zero-order chi connectivity index (χ0) is 24.5. The number of likely N-dealkylation sites (tertiary alicyclic amines) is 1. The molecular formula is C24H25ClF3N3O3. The zero-order valence-electron chi connectivity index (χ0n) is 18.5. The van der Waals surface area contributed by atoms with Gasteiger partial charge in [-0.3, -0.25) is 14.5 Å². The lowest BCUT2D eigenvalue weighted by molar-refractivity contribution is -0.137. The van der Waals surface area contributed by atoms with Crippen LogP contribution in [-0.2, 0) is 17.5 Å². The summed E-state index contributed by atoms with van der Waals surface area (Å²) in [5.41, 5.74) is 0.763. The number of halogens is 4. The van der Waals surface area contributed by atoms with Crippen molar-refractivity contribution in [1.29, 1.82) is 0 Å². The number of carbonyl (C=O) groups is 2. The van der Waals surface area contributed by atoms with Crippen molar-refractivity contribution >= 4 is 29.1 Å². The fraction of sp³-hybridized carbons (Fsp3) is 0.417. The van der Waals surface area contributed by atoms with Crippen LogP contribution in [0, 0.1) is 5.92 Å². The molecule has 1 saturated heterocycles. The van der Waals surface area contributed by atoms with Gasteiger partial charge in [-0.2, -0.15) is 13.2 Å². The van der Waals surface area contributed by atoms with Crippen LogP contribution in [0.1, 0.15) is 40.7 Å². The minimum absolute atomic E-state index is 0.0120. The molecule has 2 aromatic carbocycles. The number of rotatable bonds is 7. The van der Waals surface area contributed by atoms with Crippen molar-refractivity contribution < 1.29 is 27.5 Å². The van der Waals surface area contributed by atoms with E-state index in [9.17, 15) is 22.8 Å². The Labute approximate surface area is 200 Å². The summed E-state index contributed by atoms with van der Waals surface area (Å²) in [6.07, 6.45) is -1.93. The van der Waals surface area contributed by atoms with Gasteiger partial charge in [0.05, 0.1) is 28.9 Å². The predicted octanol–water partition coefficient (Wildman–Crippen LogP) is 4.72. The molecule has 2 aromatic rings. The average Bonchev–Trinajstić information content (AvgIpc) is 3.56. The number of alkyl halides is 3. The van der Waals surface area contributed by atoms with Crippen LogP contribution >= 0.6 is 11.6 Å². The van der Waals surface area contributed by atoms with Gasteiger partial charge in [0.25, 0.3) is 5.91 Å². The largest absolute Gasteiger partial charge is 0.496 e. The van der Waals surface area contributed by atoms with Gasteiger partial charge >= 0.3 is 6.18 Å². The highest BCUT2D eigenvalue weighted by atomic mass is 35.5. The average molecular weight is 496 g/mol. The Balaban J connectivity index is 1.35. The van der Waals surface area contributed by atoms with Gasteiger partial charge in [-0.25, -0.2) is 0 Å². The summed E-state index contributed by atoms with van der Waals surface area (Å²) in [6.45, 7) is 1.77. The third kappa shape index (κ3) is 5.82. The minimum Gasteiger partial charge on any atom is -0.496 e. The van der Waals surface area contributed by atoms with Crippen molar-refractivity contribution in [2.45, 2.75) is 38.0 Å². The summed E-state index contributed by atoms with van der Waals surface area (Å²) >= 11 is 6.31. The second-order valence-electron chi connectivity index (χ2n) is 8.68. The van der Waals surface area contributed by atoms with Crippen LogP contribution in [0.25, 0.3) is 0 Å². The van der Waals surface area contributed by atoms with E-state index >= 15 is 0 Å². The van der Waals surface area contributed by atoms with Gasteiger partial charge in [0.15, 0.2) is 0 Å². The molecule has 1 aliphatic heterocycles. The lowest BCUT2D eigenvalue weighted by Crippen LogP contribution is -2.37. The Bertz CT molecular complexity index is 1070. The molecule has 1 saturated carbocycles. The van der Waals surface area contributed by atoms with E-state index in [0.717, 1.165) is 30.5 Å². The number of benzene rings is 2. The first-order chi connectivity index (χ1) is 16.1.